The molecule has 0 aliphatic carbocycles. The minimum Gasteiger partial charge on any atom is -0.480 e. The van der Waals surface area contributed by atoms with Crippen molar-refractivity contribution in [2.24, 2.45) is 5.92 Å². The van der Waals surface area contributed by atoms with E-state index >= 15 is 0 Å². The zero-order valence-electron chi connectivity index (χ0n) is 16.2. The number of benzene rings is 1. The highest BCUT2D eigenvalue weighted by Gasteiger charge is 2.33. The van der Waals surface area contributed by atoms with E-state index in [0.717, 1.165) is 30.8 Å². The molecule has 2 saturated heterocycles. The van der Waals surface area contributed by atoms with Crippen LogP contribution < -0.4 is 9.64 Å². The third-order valence-corrected chi connectivity index (χ3v) is 5.48. The maximum Gasteiger partial charge on any atom is 0.233 e. The predicted molar refractivity (Wildman–Crippen MR) is 105 cm³/mol. The van der Waals surface area contributed by atoms with Crippen LogP contribution in [0.5, 0.6) is 5.88 Å². The maximum absolute atomic E-state index is 13.2. The van der Waals surface area contributed by atoms with Crippen molar-refractivity contribution in [3.8, 4) is 5.88 Å². The van der Waals surface area contributed by atoms with Crippen molar-refractivity contribution in [3.63, 3.8) is 0 Å². The number of carbonyl (C=O) groups excluding carboxylic acids is 1. The Bertz CT molecular complexity index is 784. The van der Waals surface area contributed by atoms with Crippen LogP contribution >= 0.6 is 0 Å². The highest BCUT2D eigenvalue weighted by Crippen LogP contribution is 2.27. The Labute approximate surface area is 165 Å². The Morgan fingerprint density at radius 2 is 1.96 bits per heavy atom. The highest BCUT2D eigenvalue weighted by atomic mass is 16.5. The molecule has 1 aromatic heterocycles. The number of morpholine rings is 1. The molecule has 148 valence electrons. The fourth-order valence-corrected chi connectivity index (χ4v) is 3.95. The van der Waals surface area contributed by atoms with Gasteiger partial charge in [0.15, 0.2) is 5.82 Å². The minimum absolute atomic E-state index is 0.0211. The largest absolute Gasteiger partial charge is 0.480 e. The monoisotopic (exact) mass is 382 g/mol. The van der Waals surface area contributed by atoms with Gasteiger partial charge in [-0.3, -0.25) is 4.79 Å². The number of rotatable bonds is 4. The Hall–Kier alpha value is -2.67. The molecular weight excluding hydrogens is 356 g/mol. The molecule has 0 radical (unpaired) electrons. The normalized spacial score (nSPS) is 22.8. The van der Waals surface area contributed by atoms with Crippen molar-refractivity contribution in [1.29, 1.82) is 0 Å². The van der Waals surface area contributed by atoms with Crippen LogP contribution in [0.15, 0.2) is 42.5 Å². The zero-order valence-corrected chi connectivity index (χ0v) is 16.2. The van der Waals surface area contributed by atoms with Crippen molar-refractivity contribution in [2.45, 2.75) is 18.9 Å². The van der Waals surface area contributed by atoms with Crippen molar-refractivity contribution >= 4 is 11.7 Å². The van der Waals surface area contributed by atoms with Crippen molar-refractivity contribution < 1.29 is 14.3 Å². The third-order valence-electron chi connectivity index (χ3n) is 5.48. The van der Waals surface area contributed by atoms with Crippen molar-refractivity contribution in [2.75, 3.05) is 44.8 Å². The first-order valence-corrected chi connectivity index (χ1v) is 9.82. The molecule has 7 nitrogen and oxygen atoms in total. The Morgan fingerprint density at radius 3 is 2.71 bits per heavy atom. The Kier molecular flexibility index (Phi) is 5.71. The number of piperidine rings is 1. The fraction of sp³-hybridized carbons (Fsp3) is 0.476. The molecule has 0 spiro atoms. The van der Waals surface area contributed by atoms with Crippen molar-refractivity contribution in [3.05, 3.63) is 48.0 Å². The number of hydrogen-bond donors (Lipinski definition) is 0. The van der Waals surface area contributed by atoms with E-state index in [4.69, 9.17) is 9.47 Å². The van der Waals surface area contributed by atoms with E-state index in [1.807, 2.05) is 29.2 Å². The summed E-state index contributed by atoms with van der Waals surface area (Å²) in [6.07, 6.45) is 1.83. The van der Waals surface area contributed by atoms with Crippen LogP contribution in [0, 0.1) is 5.92 Å². The lowest BCUT2D eigenvalue weighted by atomic mass is 9.95. The number of amides is 1. The van der Waals surface area contributed by atoms with Crippen LogP contribution in [-0.2, 0) is 9.53 Å². The lowest BCUT2D eigenvalue weighted by Crippen LogP contribution is -2.49. The highest BCUT2D eigenvalue weighted by molar-refractivity contribution is 5.80. The smallest absolute Gasteiger partial charge is 0.233 e. The number of aromatic nitrogens is 2. The summed E-state index contributed by atoms with van der Waals surface area (Å²) >= 11 is 0. The average molecular weight is 382 g/mol. The average Bonchev–Trinajstić information content (AvgIpc) is 2.79. The standard InChI is InChI=1S/C21H26N4O3/c1-27-20-10-9-19(22-23-20)24-11-5-8-17(14-24)21(26)25-12-13-28-18(15-25)16-6-3-2-4-7-16/h2-4,6-7,9-10,17-18H,5,8,11-15H2,1H3. The molecule has 1 amide bonds. The number of anilines is 1. The summed E-state index contributed by atoms with van der Waals surface area (Å²) in [6, 6.07) is 13.8. The number of ether oxygens (including phenoxy) is 2. The number of methoxy groups -OCH3 is 1. The minimum atomic E-state index is -0.0500. The van der Waals surface area contributed by atoms with Gasteiger partial charge in [0.1, 0.15) is 6.10 Å². The van der Waals surface area contributed by atoms with Gasteiger partial charge in [0.25, 0.3) is 0 Å². The first-order chi connectivity index (χ1) is 13.7. The summed E-state index contributed by atoms with van der Waals surface area (Å²) in [5, 5.41) is 8.29. The second-order valence-electron chi connectivity index (χ2n) is 7.27. The van der Waals surface area contributed by atoms with Crippen LogP contribution in [0.1, 0.15) is 24.5 Å². The van der Waals surface area contributed by atoms with Crippen LogP contribution in [0.2, 0.25) is 0 Å². The van der Waals surface area contributed by atoms with Gasteiger partial charge in [-0.2, -0.15) is 0 Å². The molecule has 1 aromatic carbocycles. The number of hydrogen-bond acceptors (Lipinski definition) is 6. The molecule has 0 bridgehead atoms. The lowest BCUT2D eigenvalue weighted by molar-refractivity contribution is -0.143. The molecule has 7 heteroatoms. The summed E-state index contributed by atoms with van der Waals surface area (Å²) in [7, 11) is 1.57. The number of nitrogens with zero attached hydrogens (tertiary/aromatic N) is 4. The second-order valence-corrected chi connectivity index (χ2v) is 7.27. The van der Waals surface area contributed by atoms with E-state index in [1.165, 1.54) is 0 Å². The molecule has 28 heavy (non-hydrogen) atoms. The van der Waals surface area contributed by atoms with E-state index < -0.39 is 0 Å². The summed E-state index contributed by atoms with van der Waals surface area (Å²) in [6.45, 7) is 3.40. The summed E-state index contributed by atoms with van der Waals surface area (Å²) in [5.74, 6) is 1.48. The number of carbonyl (C=O) groups is 1. The van der Waals surface area contributed by atoms with E-state index in [9.17, 15) is 4.79 Å². The van der Waals surface area contributed by atoms with Gasteiger partial charge in [-0.25, -0.2) is 0 Å². The maximum atomic E-state index is 13.2. The van der Waals surface area contributed by atoms with Gasteiger partial charge in [-0.15, -0.1) is 10.2 Å². The molecule has 0 saturated carbocycles. The quantitative estimate of drug-likeness (QED) is 0.808. The molecule has 0 N–H and O–H groups in total. The van der Waals surface area contributed by atoms with Gasteiger partial charge >= 0.3 is 0 Å². The molecule has 2 fully saturated rings. The van der Waals surface area contributed by atoms with Gasteiger partial charge in [0.05, 0.1) is 26.2 Å². The van der Waals surface area contributed by atoms with E-state index in [2.05, 4.69) is 27.2 Å². The molecule has 4 rings (SSSR count). The lowest BCUT2D eigenvalue weighted by Gasteiger charge is -2.38. The first kappa shape index (κ1) is 18.7. The fourth-order valence-electron chi connectivity index (χ4n) is 3.95. The van der Waals surface area contributed by atoms with Crippen LogP contribution in [0.4, 0.5) is 5.82 Å². The molecule has 2 aliphatic heterocycles. The molecule has 3 heterocycles. The van der Waals surface area contributed by atoms with Crippen LogP contribution in [-0.4, -0.2) is 60.9 Å². The Balaban J connectivity index is 1.40. The van der Waals surface area contributed by atoms with Gasteiger partial charge in [0.2, 0.25) is 11.8 Å². The van der Waals surface area contributed by atoms with Crippen LogP contribution in [0.25, 0.3) is 0 Å². The van der Waals surface area contributed by atoms with Crippen molar-refractivity contribution in [1.82, 2.24) is 15.1 Å². The van der Waals surface area contributed by atoms with Crippen LogP contribution in [0.3, 0.4) is 0 Å². The molecule has 2 unspecified atom stereocenters. The SMILES string of the molecule is COc1ccc(N2CCCC(C(=O)N3CCOC(c4ccccc4)C3)C2)nn1. The van der Waals surface area contributed by atoms with Gasteiger partial charge in [-0.05, 0) is 24.5 Å². The van der Waals surface area contributed by atoms with E-state index in [-0.39, 0.29) is 17.9 Å². The summed E-state index contributed by atoms with van der Waals surface area (Å²) in [5.41, 5.74) is 1.12. The van der Waals surface area contributed by atoms with Gasteiger partial charge < -0.3 is 19.3 Å². The topological polar surface area (TPSA) is 67.8 Å². The van der Waals surface area contributed by atoms with Gasteiger partial charge in [-0.1, -0.05) is 30.3 Å². The molecule has 2 atom stereocenters. The van der Waals surface area contributed by atoms with E-state index in [1.54, 1.807) is 13.2 Å². The Morgan fingerprint density at radius 1 is 1.11 bits per heavy atom. The zero-order chi connectivity index (χ0) is 19.3. The molecule has 2 aromatic rings. The van der Waals surface area contributed by atoms with Gasteiger partial charge in [0, 0.05) is 25.7 Å². The summed E-state index contributed by atoms with van der Waals surface area (Å²) in [4.78, 5) is 17.3. The molecular formula is C21H26N4O3. The second kappa shape index (κ2) is 8.56. The first-order valence-electron chi connectivity index (χ1n) is 9.82. The van der Waals surface area contributed by atoms with E-state index in [0.29, 0.717) is 32.1 Å². The summed E-state index contributed by atoms with van der Waals surface area (Å²) < 4.78 is 11.0. The molecule has 2 aliphatic rings. The third kappa shape index (κ3) is 4.09. The predicted octanol–water partition coefficient (Wildman–Crippen LogP) is 2.30.